The summed E-state index contributed by atoms with van der Waals surface area (Å²) >= 11 is 3.40. The molecule has 0 amide bonds. The normalized spacial score (nSPS) is 15.6. The summed E-state index contributed by atoms with van der Waals surface area (Å²) in [6.07, 6.45) is 5.27. The van der Waals surface area contributed by atoms with Gasteiger partial charge in [-0.25, -0.2) is 4.68 Å². The topological polar surface area (TPSA) is 46.9 Å². The largest absolute Gasteiger partial charge is 0.382 e. The fraction of sp³-hybridized carbons (Fsp3) is 0.714. The van der Waals surface area contributed by atoms with Gasteiger partial charge < -0.3 is 5.32 Å². The molecule has 0 saturated heterocycles. The van der Waals surface area contributed by atoms with Crippen LogP contribution in [0.2, 0.25) is 0 Å². The summed E-state index contributed by atoms with van der Waals surface area (Å²) in [4.78, 5) is 12.2. The highest BCUT2D eigenvalue weighted by Gasteiger charge is 2.23. The maximum atomic E-state index is 12.2. The summed E-state index contributed by atoms with van der Waals surface area (Å²) in [6.45, 7) is 8.15. The molecule has 0 radical (unpaired) electrons. The summed E-state index contributed by atoms with van der Waals surface area (Å²) in [7, 11) is 0. The molecule has 1 heterocycles. The van der Waals surface area contributed by atoms with E-state index in [1.807, 2.05) is 0 Å². The number of hydrogen-bond donors (Lipinski definition) is 1. The molecule has 4 nitrogen and oxygen atoms in total. The molecule has 0 atom stereocenters. The molecule has 19 heavy (non-hydrogen) atoms. The van der Waals surface area contributed by atoms with E-state index in [-0.39, 0.29) is 11.0 Å². The average molecular weight is 328 g/mol. The van der Waals surface area contributed by atoms with E-state index in [2.05, 4.69) is 47.1 Å². The highest BCUT2D eigenvalue weighted by Crippen LogP contribution is 2.30. The zero-order chi connectivity index (χ0) is 14.0. The Morgan fingerprint density at radius 3 is 2.79 bits per heavy atom. The highest BCUT2D eigenvalue weighted by atomic mass is 79.9. The quantitative estimate of drug-likeness (QED) is 0.872. The number of rotatable bonds is 6. The van der Waals surface area contributed by atoms with E-state index in [0.717, 1.165) is 25.2 Å². The first-order valence-electron chi connectivity index (χ1n) is 6.92. The van der Waals surface area contributed by atoms with Crippen molar-refractivity contribution in [1.82, 2.24) is 9.78 Å². The van der Waals surface area contributed by atoms with Crippen molar-refractivity contribution in [3.63, 3.8) is 0 Å². The Kier molecular flexibility index (Phi) is 4.33. The van der Waals surface area contributed by atoms with Crippen LogP contribution in [0.1, 0.15) is 40.0 Å². The van der Waals surface area contributed by atoms with Gasteiger partial charge in [-0.1, -0.05) is 20.8 Å². The van der Waals surface area contributed by atoms with Gasteiger partial charge in [-0.2, -0.15) is 5.10 Å². The highest BCUT2D eigenvalue weighted by molar-refractivity contribution is 9.10. The third-order valence-corrected chi connectivity index (χ3v) is 4.59. The lowest BCUT2D eigenvalue weighted by atomic mass is 9.90. The minimum absolute atomic E-state index is 0.0359. The Morgan fingerprint density at radius 2 is 2.21 bits per heavy atom. The van der Waals surface area contributed by atoms with E-state index in [9.17, 15) is 4.79 Å². The van der Waals surface area contributed by atoms with Crippen molar-refractivity contribution < 1.29 is 0 Å². The third-order valence-electron chi connectivity index (χ3n) is 3.83. The molecule has 106 valence electrons. The molecule has 5 heteroatoms. The van der Waals surface area contributed by atoms with Crippen molar-refractivity contribution in [2.75, 3.05) is 11.9 Å². The van der Waals surface area contributed by atoms with Crippen molar-refractivity contribution in [2.24, 2.45) is 11.3 Å². The van der Waals surface area contributed by atoms with Gasteiger partial charge in [0.25, 0.3) is 5.56 Å². The van der Waals surface area contributed by atoms with E-state index in [1.54, 1.807) is 10.9 Å². The predicted molar refractivity (Wildman–Crippen MR) is 81.5 cm³/mol. The Bertz CT molecular complexity index is 506. The predicted octanol–water partition coefficient (Wildman–Crippen LogP) is 3.26. The van der Waals surface area contributed by atoms with Crippen LogP contribution in [-0.4, -0.2) is 16.3 Å². The standard InChI is InChI=1S/C14H22BrN3O/c1-4-14(2,3)9-16-11-7-17-18(8-10-5-6-10)13(19)12(11)15/h7,10,16H,4-6,8-9H2,1-3H3. The van der Waals surface area contributed by atoms with Crippen LogP contribution in [0.5, 0.6) is 0 Å². The van der Waals surface area contributed by atoms with Gasteiger partial charge in [-0.3, -0.25) is 4.79 Å². The molecule has 0 aromatic carbocycles. The van der Waals surface area contributed by atoms with Gasteiger partial charge in [0.2, 0.25) is 0 Å². The monoisotopic (exact) mass is 327 g/mol. The SMILES string of the molecule is CCC(C)(C)CNc1cnn(CC2CC2)c(=O)c1Br. The van der Waals surface area contributed by atoms with E-state index in [1.165, 1.54) is 12.8 Å². The number of anilines is 1. The fourth-order valence-corrected chi connectivity index (χ4v) is 2.17. The second-order valence-electron chi connectivity index (χ2n) is 6.17. The van der Waals surface area contributed by atoms with Gasteiger partial charge >= 0.3 is 0 Å². The smallest absolute Gasteiger partial charge is 0.283 e. The fourth-order valence-electron chi connectivity index (χ4n) is 1.72. The molecule has 0 aliphatic heterocycles. The van der Waals surface area contributed by atoms with Gasteiger partial charge in [-0.05, 0) is 46.5 Å². The summed E-state index contributed by atoms with van der Waals surface area (Å²) in [6, 6.07) is 0. The third kappa shape index (κ3) is 3.81. The molecule has 0 spiro atoms. The van der Waals surface area contributed by atoms with Crippen molar-refractivity contribution in [3.05, 3.63) is 21.0 Å². The Balaban J connectivity index is 2.09. The van der Waals surface area contributed by atoms with Gasteiger partial charge in [0.1, 0.15) is 4.47 Å². The molecule has 0 unspecified atom stereocenters. The van der Waals surface area contributed by atoms with Crippen LogP contribution in [0.15, 0.2) is 15.5 Å². The number of aromatic nitrogens is 2. The number of nitrogens with one attached hydrogen (secondary N) is 1. The van der Waals surface area contributed by atoms with Gasteiger partial charge in [0, 0.05) is 13.1 Å². The van der Waals surface area contributed by atoms with Crippen molar-refractivity contribution >= 4 is 21.6 Å². The maximum Gasteiger partial charge on any atom is 0.283 e. The Labute approximate surface area is 122 Å². The zero-order valence-corrected chi connectivity index (χ0v) is 13.5. The average Bonchev–Trinajstić information content (AvgIpc) is 3.18. The molecule has 1 aliphatic rings. The van der Waals surface area contributed by atoms with Crippen LogP contribution >= 0.6 is 15.9 Å². The minimum Gasteiger partial charge on any atom is -0.382 e. The molecule has 0 bridgehead atoms. The van der Waals surface area contributed by atoms with E-state index < -0.39 is 0 Å². The summed E-state index contributed by atoms with van der Waals surface area (Å²) < 4.78 is 2.16. The lowest BCUT2D eigenvalue weighted by molar-refractivity contribution is 0.376. The summed E-state index contributed by atoms with van der Waals surface area (Å²) in [5.41, 5.74) is 0.965. The molecule has 1 saturated carbocycles. The molecular formula is C14H22BrN3O. The van der Waals surface area contributed by atoms with Gasteiger partial charge in [-0.15, -0.1) is 0 Å². The molecule has 1 N–H and O–H groups in total. The van der Waals surface area contributed by atoms with Crippen LogP contribution in [0.4, 0.5) is 5.69 Å². The van der Waals surface area contributed by atoms with Crippen LogP contribution in [-0.2, 0) is 6.54 Å². The van der Waals surface area contributed by atoms with Crippen molar-refractivity contribution in [1.29, 1.82) is 0 Å². The van der Waals surface area contributed by atoms with Gasteiger partial charge in [0.05, 0.1) is 11.9 Å². The van der Waals surface area contributed by atoms with E-state index >= 15 is 0 Å². The van der Waals surface area contributed by atoms with Gasteiger partial charge in [0.15, 0.2) is 0 Å². The number of nitrogens with zero attached hydrogens (tertiary/aromatic N) is 2. The zero-order valence-electron chi connectivity index (χ0n) is 11.9. The first-order valence-corrected chi connectivity index (χ1v) is 7.72. The first kappa shape index (κ1) is 14.6. The molecular weight excluding hydrogens is 306 g/mol. The molecule has 1 fully saturated rings. The van der Waals surface area contributed by atoms with Crippen LogP contribution in [0.25, 0.3) is 0 Å². The van der Waals surface area contributed by atoms with Crippen molar-refractivity contribution in [2.45, 2.75) is 46.6 Å². The summed E-state index contributed by atoms with van der Waals surface area (Å²) in [5, 5.41) is 7.58. The first-order chi connectivity index (χ1) is 8.93. The summed E-state index contributed by atoms with van der Waals surface area (Å²) in [5.74, 6) is 0.648. The molecule has 1 aromatic heterocycles. The lowest BCUT2D eigenvalue weighted by Gasteiger charge is -2.23. The Hall–Kier alpha value is -0.840. The van der Waals surface area contributed by atoms with Crippen molar-refractivity contribution in [3.8, 4) is 0 Å². The van der Waals surface area contributed by atoms with Crippen LogP contribution < -0.4 is 10.9 Å². The second-order valence-corrected chi connectivity index (χ2v) is 6.97. The maximum absolute atomic E-state index is 12.2. The van der Waals surface area contributed by atoms with Crippen LogP contribution in [0.3, 0.4) is 0 Å². The molecule has 1 aromatic rings. The van der Waals surface area contributed by atoms with E-state index in [4.69, 9.17) is 0 Å². The van der Waals surface area contributed by atoms with Crippen LogP contribution in [0, 0.1) is 11.3 Å². The minimum atomic E-state index is -0.0359. The molecule has 2 rings (SSSR count). The molecule has 1 aliphatic carbocycles. The lowest BCUT2D eigenvalue weighted by Crippen LogP contribution is -2.27. The Morgan fingerprint density at radius 1 is 1.53 bits per heavy atom. The van der Waals surface area contributed by atoms with E-state index in [0.29, 0.717) is 10.4 Å². The number of hydrogen-bond acceptors (Lipinski definition) is 3. The second kappa shape index (κ2) is 5.65. The number of halogens is 1.